The zero-order valence-electron chi connectivity index (χ0n) is 11.9. The largest absolute Gasteiger partial charge is 0.444 e. The molecule has 104 valence electrons. The molecule has 18 heavy (non-hydrogen) atoms. The molecule has 0 bridgehead atoms. The summed E-state index contributed by atoms with van der Waals surface area (Å²) in [5.41, 5.74) is -0.474. The molecule has 1 N–H and O–H groups in total. The molecule has 0 aromatic carbocycles. The van der Waals surface area contributed by atoms with Crippen LogP contribution in [0.1, 0.15) is 53.4 Å². The molecule has 0 heterocycles. The van der Waals surface area contributed by atoms with Crippen LogP contribution in [0.3, 0.4) is 0 Å². The predicted molar refractivity (Wildman–Crippen MR) is 70.4 cm³/mol. The second kappa shape index (κ2) is 6.21. The molecule has 1 fully saturated rings. The summed E-state index contributed by atoms with van der Waals surface area (Å²) in [6.07, 6.45) is 3.27. The van der Waals surface area contributed by atoms with Gasteiger partial charge in [0.25, 0.3) is 0 Å². The van der Waals surface area contributed by atoms with Crippen LogP contribution in [0.25, 0.3) is 0 Å². The molecular formula is C14H25NO3. The number of carbonyl (C=O) groups is 2. The van der Waals surface area contributed by atoms with Gasteiger partial charge in [-0.2, -0.15) is 0 Å². The highest BCUT2D eigenvalue weighted by Crippen LogP contribution is 2.32. The summed E-state index contributed by atoms with van der Waals surface area (Å²) < 4.78 is 5.18. The van der Waals surface area contributed by atoms with E-state index in [1.54, 1.807) is 0 Å². The molecule has 1 saturated carbocycles. The molecule has 0 aromatic rings. The highest BCUT2D eigenvalue weighted by molar-refractivity contribution is 5.81. The van der Waals surface area contributed by atoms with E-state index in [4.69, 9.17) is 4.74 Å². The number of nitrogens with one attached hydrogen (secondary N) is 1. The lowest BCUT2D eigenvalue weighted by Crippen LogP contribution is -2.37. The summed E-state index contributed by atoms with van der Waals surface area (Å²) in [6, 6.07) is 0. The first-order valence-corrected chi connectivity index (χ1v) is 6.83. The molecule has 4 heteroatoms. The first-order valence-electron chi connectivity index (χ1n) is 6.83. The first-order chi connectivity index (χ1) is 8.33. The van der Waals surface area contributed by atoms with Crippen molar-refractivity contribution in [2.75, 3.05) is 6.54 Å². The van der Waals surface area contributed by atoms with E-state index in [2.05, 4.69) is 5.32 Å². The minimum Gasteiger partial charge on any atom is -0.444 e. The summed E-state index contributed by atoms with van der Waals surface area (Å²) in [5.74, 6) is 0.735. The number of hydrogen-bond acceptors (Lipinski definition) is 3. The minimum atomic E-state index is -0.474. The number of Topliss-reactive ketones (excluding diaryl/α,β-unsaturated/α-hetero) is 1. The Bertz CT molecular complexity index is 307. The van der Waals surface area contributed by atoms with Crippen LogP contribution < -0.4 is 5.32 Å². The number of hydrogen-bond donors (Lipinski definition) is 1. The van der Waals surface area contributed by atoms with Gasteiger partial charge in [-0.15, -0.1) is 0 Å². The van der Waals surface area contributed by atoms with Crippen molar-refractivity contribution in [2.45, 2.75) is 59.0 Å². The van der Waals surface area contributed by atoms with E-state index in [1.165, 1.54) is 0 Å². The molecule has 0 aliphatic heterocycles. The first kappa shape index (κ1) is 15.0. The number of carbonyl (C=O) groups excluding carboxylic acids is 2. The average molecular weight is 255 g/mol. The van der Waals surface area contributed by atoms with Gasteiger partial charge in [-0.05, 0) is 39.5 Å². The van der Waals surface area contributed by atoms with E-state index in [9.17, 15) is 9.59 Å². The van der Waals surface area contributed by atoms with Crippen LogP contribution in [0, 0.1) is 11.8 Å². The van der Waals surface area contributed by atoms with Crippen molar-refractivity contribution in [1.82, 2.24) is 5.32 Å². The molecule has 1 amide bonds. The lowest BCUT2D eigenvalue weighted by Gasteiger charge is -2.22. The molecule has 1 aliphatic carbocycles. The molecule has 1 rings (SSSR count). The van der Waals surface area contributed by atoms with E-state index >= 15 is 0 Å². The van der Waals surface area contributed by atoms with Gasteiger partial charge in [-0.25, -0.2) is 4.79 Å². The Hall–Kier alpha value is -1.06. The maximum atomic E-state index is 11.8. The van der Waals surface area contributed by atoms with E-state index in [1.807, 2.05) is 27.7 Å². The standard InChI is InChI=1S/C14H25NO3/c1-5-12(16)11-8-6-7-10(11)9-15-13(17)18-14(2,3)4/h10-11H,5-9H2,1-4H3,(H,15,17)/t10-,11-/m1/s1. The second-order valence-corrected chi connectivity index (χ2v) is 6.00. The topological polar surface area (TPSA) is 55.4 Å². The van der Waals surface area contributed by atoms with Gasteiger partial charge in [0.15, 0.2) is 0 Å². The van der Waals surface area contributed by atoms with Gasteiger partial charge in [-0.1, -0.05) is 13.3 Å². The molecule has 1 aliphatic rings. The van der Waals surface area contributed by atoms with E-state index in [0.29, 0.717) is 18.7 Å². The molecule has 0 spiro atoms. The van der Waals surface area contributed by atoms with Gasteiger partial charge in [0.1, 0.15) is 11.4 Å². The third-order valence-electron chi connectivity index (χ3n) is 3.33. The van der Waals surface area contributed by atoms with Gasteiger partial charge >= 0.3 is 6.09 Å². The summed E-state index contributed by atoms with van der Waals surface area (Å²) in [5, 5.41) is 2.78. The smallest absolute Gasteiger partial charge is 0.407 e. The van der Waals surface area contributed by atoms with Crippen molar-refractivity contribution in [3.63, 3.8) is 0 Å². The number of alkyl carbamates (subject to hydrolysis) is 1. The van der Waals surface area contributed by atoms with Gasteiger partial charge < -0.3 is 10.1 Å². The highest BCUT2D eigenvalue weighted by Gasteiger charge is 2.32. The molecular weight excluding hydrogens is 230 g/mol. The van der Waals surface area contributed by atoms with Gasteiger partial charge in [0.2, 0.25) is 0 Å². The van der Waals surface area contributed by atoms with Crippen LogP contribution in [0.4, 0.5) is 4.79 Å². The van der Waals surface area contributed by atoms with Gasteiger partial charge in [-0.3, -0.25) is 4.79 Å². The summed E-state index contributed by atoms with van der Waals surface area (Å²) in [6.45, 7) is 7.97. The third kappa shape index (κ3) is 4.67. The molecule has 0 saturated heterocycles. The second-order valence-electron chi connectivity index (χ2n) is 6.00. The highest BCUT2D eigenvalue weighted by atomic mass is 16.6. The lowest BCUT2D eigenvalue weighted by atomic mass is 9.91. The van der Waals surface area contributed by atoms with Crippen LogP contribution in [0.2, 0.25) is 0 Å². The number of ketones is 1. The molecule has 0 aromatic heterocycles. The van der Waals surface area contributed by atoms with Crippen molar-refractivity contribution in [3.05, 3.63) is 0 Å². The van der Waals surface area contributed by atoms with Crippen LogP contribution >= 0.6 is 0 Å². The quantitative estimate of drug-likeness (QED) is 0.840. The van der Waals surface area contributed by atoms with Crippen molar-refractivity contribution in [2.24, 2.45) is 11.8 Å². The maximum absolute atomic E-state index is 11.8. The fourth-order valence-electron chi connectivity index (χ4n) is 2.50. The van der Waals surface area contributed by atoms with Crippen molar-refractivity contribution >= 4 is 11.9 Å². The van der Waals surface area contributed by atoms with Crippen LogP contribution in [0.15, 0.2) is 0 Å². The Morgan fingerprint density at radius 2 is 1.94 bits per heavy atom. The zero-order valence-corrected chi connectivity index (χ0v) is 11.9. The lowest BCUT2D eigenvalue weighted by molar-refractivity contribution is -0.123. The maximum Gasteiger partial charge on any atom is 0.407 e. The number of rotatable bonds is 4. The third-order valence-corrected chi connectivity index (χ3v) is 3.33. The fraction of sp³-hybridized carbons (Fsp3) is 0.857. The van der Waals surface area contributed by atoms with Crippen LogP contribution in [0.5, 0.6) is 0 Å². The number of ether oxygens (including phenoxy) is 1. The molecule has 2 atom stereocenters. The van der Waals surface area contributed by atoms with E-state index < -0.39 is 11.7 Å². The Morgan fingerprint density at radius 3 is 2.50 bits per heavy atom. The Morgan fingerprint density at radius 1 is 1.28 bits per heavy atom. The molecule has 0 radical (unpaired) electrons. The fourth-order valence-corrected chi connectivity index (χ4v) is 2.50. The normalized spacial score (nSPS) is 23.8. The van der Waals surface area contributed by atoms with E-state index in [-0.39, 0.29) is 11.8 Å². The zero-order chi connectivity index (χ0) is 13.8. The van der Waals surface area contributed by atoms with Crippen molar-refractivity contribution in [1.29, 1.82) is 0 Å². The molecule has 0 unspecified atom stereocenters. The summed E-state index contributed by atoms with van der Waals surface area (Å²) >= 11 is 0. The van der Waals surface area contributed by atoms with Gasteiger partial charge in [0, 0.05) is 18.9 Å². The predicted octanol–water partition coefficient (Wildman–Crippen LogP) is 2.91. The van der Waals surface area contributed by atoms with Crippen molar-refractivity contribution in [3.8, 4) is 0 Å². The Balaban J connectivity index is 2.38. The summed E-state index contributed by atoms with van der Waals surface area (Å²) in [7, 11) is 0. The minimum absolute atomic E-state index is 0.130. The van der Waals surface area contributed by atoms with Gasteiger partial charge in [0.05, 0.1) is 0 Å². The Kier molecular flexibility index (Phi) is 5.17. The van der Waals surface area contributed by atoms with E-state index in [0.717, 1.165) is 19.3 Å². The monoisotopic (exact) mass is 255 g/mol. The van der Waals surface area contributed by atoms with Crippen LogP contribution in [-0.4, -0.2) is 24.0 Å². The SMILES string of the molecule is CCC(=O)[C@@H]1CCC[C@@H]1CNC(=O)OC(C)(C)C. The summed E-state index contributed by atoms with van der Waals surface area (Å²) in [4.78, 5) is 23.3. The average Bonchev–Trinajstić information content (AvgIpc) is 2.71. The van der Waals surface area contributed by atoms with Crippen molar-refractivity contribution < 1.29 is 14.3 Å². The molecule has 4 nitrogen and oxygen atoms in total. The van der Waals surface area contributed by atoms with Crippen LogP contribution in [-0.2, 0) is 9.53 Å². The number of amides is 1. The Labute approximate surface area is 109 Å².